The van der Waals surface area contributed by atoms with Crippen molar-refractivity contribution in [3.8, 4) is 0 Å². The molecular formula is C16H26N2O2. The number of aliphatic hydroxyl groups is 1. The van der Waals surface area contributed by atoms with Crippen molar-refractivity contribution in [2.45, 2.75) is 70.1 Å². The second kappa shape index (κ2) is 6.27. The van der Waals surface area contributed by atoms with E-state index in [1.807, 2.05) is 0 Å². The molecule has 0 bridgehead atoms. The van der Waals surface area contributed by atoms with Gasteiger partial charge >= 0.3 is 0 Å². The van der Waals surface area contributed by atoms with E-state index in [-0.39, 0.29) is 6.10 Å². The fourth-order valence-corrected chi connectivity index (χ4v) is 3.57. The molecule has 1 aliphatic heterocycles. The van der Waals surface area contributed by atoms with Gasteiger partial charge in [0.1, 0.15) is 0 Å². The highest BCUT2D eigenvalue weighted by molar-refractivity contribution is 5.03. The minimum Gasteiger partial charge on any atom is -0.390 e. The Kier molecular flexibility index (Phi) is 4.41. The Morgan fingerprint density at radius 3 is 2.85 bits per heavy atom. The third-order valence-electron chi connectivity index (χ3n) is 4.85. The summed E-state index contributed by atoms with van der Waals surface area (Å²) < 4.78 is 7.75. The molecule has 0 spiro atoms. The van der Waals surface area contributed by atoms with Crippen LogP contribution in [0.2, 0.25) is 0 Å². The SMILES string of the molecule is CC1CCOC1C(O)Cc1ccn(C2CCCCC2)n1. The maximum Gasteiger partial charge on any atom is 0.0864 e. The molecule has 0 amide bonds. The molecule has 4 nitrogen and oxygen atoms in total. The summed E-state index contributed by atoms with van der Waals surface area (Å²) >= 11 is 0. The first kappa shape index (κ1) is 14.1. The predicted octanol–water partition coefficient (Wildman–Crippen LogP) is 2.72. The van der Waals surface area contributed by atoms with E-state index >= 15 is 0 Å². The van der Waals surface area contributed by atoms with Gasteiger partial charge in [0.05, 0.1) is 23.9 Å². The zero-order chi connectivity index (χ0) is 13.9. The molecule has 3 rings (SSSR count). The van der Waals surface area contributed by atoms with Crippen molar-refractivity contribution in [1.82, 2.24) is 9.78 Å². The van der Waals surface area contributed by atoms with Crippen molar-refractivity contribution in [1.29, 1.82) is 0 Å². The molecule has 20 heavy (non-hydrogen) atoms. The van der Waals surface area contributed by atoms with Gasteiger partial charge in [0.2, 0.25) is 0 Å². The lowest BCUT2D eigenvalue weighted by molar-refractivity contribution is -0.0162. The first-order valence-corrected chi connectivity index (χ1v) is 8.08. The first-order chi connectivity index (χ1) is 9.74. The van der Waals surface area contributed by atoms with Crippen LogP contribution in [-0.4, -0.2) is 33.7 Å². The van der Waals surface area contributed by atoms with Gasteiger partial charge in [-0.1, -0.05) is 26.2 Å². The van der Waals surface area contributed by atoms with Crippen molar-refractivity contribution in [2.24, 2.45) is 5.92 Å². The zero-order valence-electron chi connectivity index (χ0n) is 12.4. The van der Waals surface area contributed by atoms with Crippen LogP contribution in [-0.2, 0) is 11.2 Å². The van der Waals surface area contributed by atoms with Gasteiger partial charge in [-0.05, 0) is 31.2 Å². The van der Waals surface area contributed by atoms with Gasteiger partial charge in [-0.2, -0.15) is 5.10 Å². The summed E-state index contributed by atoms with van der Waals surface area (Å²) in [7, 11) is 0. The van der Waals surface area contributed by atoms with Crippen LogP contribution in [0.1, 0.15) is 57.2 Å². The van der Waals surface area contributed by atoms with Gasteiger partial charge in [0, 0.05) is 19.2 Å². The molecule has 2 fully saturated rings. The number of ether oxygens (including phenoxy) is 1. The van der Waals surface area contributed by atoms with Gasteiger partial charge in [-0.25, -0.2) is 0 Å². The number of rotatable bonds is 4. The molecule has 2 aliphatic rings. The highest BCUT2D eigenvalue weighted by Gasteiger charge is 2.31. The smallest absolute Gasteiger partial charge is 0.0864 e. The summed E-state index contributed by atoms with van der Waals surface area (Å²) in [6.07, 6.45) is 9.77. The summed E-state index contributed by atoms with van der Waals surface area (Å²) in [5.41, 5.74) is 0.991. The number of aromatic nitrogens is 2. The van der Waals surface area contributed by atoms with E-state index in [4.69, 9.17) is 4.74 Å². The van der Waals surface area contributed by atoms with Gasteiger partial charge in [-0.3, -0.25) is 4.68 Å². The van der Waals surface area contributed by atoms with Crippen molar-refractivity contribution in [3.05, 3.63) is 18.0 Å². The van der Waals surface area contributed by atoms with Crippen LogP contribution >= 0.6 is 0 Å². The largest absolute Gasteiger partial charge is 0.390 e. The van der Waals surface area contributed by atoms with Crippen molar-refractivity contribution in [2.75, 3.05) is 6.61 Å². The first-order valence-electron chi connectivity index (χ1n) is 8.08. The molecule has 0 radical (unpaired) electrons. The normalized spacial score (nSPS) is 29.7. The molecule has 112 valence electrons. The van der Waals surface area contributed by atoms with Crippen molar-refractivity contribution >= 4 is 0 Å². The molecule has 3 unspecified atom stereocenters. The summed E-state index contributed by atoms with van der Waals surface area (Å²) in [4.78, 5) is 0. The maximum atomic E-state index is 10.3. The average Bonchev–Trinajstić information content (AvgIpc) is 3.09. The number of hydrogen-bond donors (Lipinski definition) is 1. The molecule has 1 aliphatic carbocycles. The van der Waals surface area contributed by atoms with E-state index in [9.17, 15) is 5.11 Å². The third kappa shape index (κ3) is 3.07. The minimum atomic E-state index is -0.429. The van der Waals surface area contributed by atoms with Gasteiger partial charge < -0.3 is 9.84 Å². The lowest BCUT2D eigenvalue weighted by Crippen LogP contribution is -2.32. The van der Waals surface area contributed by atoms with E-state index in [1.54, 1.807) is 0 Å². The molecule has 1 aromatic heterocycles. The van der Waals surface area contributed by atoms with Crippen LogP contribution < -0.4 is 0 Å². The van der Waals surface area contributed by atoms with Gasteiger partial charge in [-0.15, -0.1) is 0 Å². The molecule has 2 heterocycles. The van der Waals surface area contributed by atoms with Crippen LogP contribution in [0.15, 0.2) is 12.3 Å². The number of aliphatic hydroxyl groups excluding tert-OH is 1. The fourth-order valence-electron chi connectivity index (χ4n) is 3.57. The van der Waals surface area contributed by atoms with Crippen LogP contribution in [0.3, 0.4) is 0 Å². The summed E-state index contributed by atoms with van der Waals surface area (Å²) in [6.45, 7) is 2.93. The van der Waals surface area contributed by atoms with E-state index in [0.29, 0.717) is 18.4 Å². The molecule has 1 saturated carbocycles. The van der Waals surface area contributed by atoms with E-state index in [1.165, 1.54) is 32.1 Å². The summed E-state index contributed by atoms with van der Waals surface area (Å²) in [5.74, 6) is 0.449. The second-order valence-electron chi connectivity index (χ2n) is 6.45. The van der Waals surface area contributed by atoms with E-state index in [0.717, 1.165) is 18.7 Å². The molecular weight excluding hydrogens is 252 g/mol. The molecule has 0 aromatic carbocycles. The lowest BCUT2D eigenvalue weighted by atomic mass is 9.96. The maximum absolute atomic E-state index is 10.3. The van der Waals surface area contributed by atoms with Crippen LogP contribution in [0.4, 0.5) is 0 Å². The third-order valence-corrected chi connectivity index (χ3v) is 4.85. The van der Waals surface area contributed by atoms with Crippen molar-refractivity contribution in [3.63, 3.8) is 0 Å². The van der Waals surface area contributed by atoms with Crippen molar-refractivity contribution < 1.29 is 9.84 Å². The highest BCUT2D eigenvalue weighted by atomic mass is 16.5. The molecule has 1 saturated heterocycles. The molecule has 4 heteroatoms. The Labute approximate surface area is 121 Å². The molecule has 1 N–H and O–H groups in total. The zero-order valence-corrected chi connectivity index (χ0v) is 12.4. The quantitative estimate of drug-likeness (QED) is 0.921. The van der Waals surface area contributed by atoms with E-state index < -0.39 is 6.10 Å². The Hall–Kier alpha value is -0.870. The highest BCUT2D eigenvalue weighted by Crippen LogP contribution is 2.28. The second-order valence-corrected chi connectivity index (χ2v) is 6.45. The Morgan fingerprint density at radius 2 is 2.15 bits per heavy atom. The lowest BCUT2D eigenvalue weighted by Gasteiger charge is -2.22. The Balaban J connectivity index is 1.59. The Bertz CT molecular complexity index is 426. The predicted molar refractivity (Wildman–Crippen MR) is 77.6 cm³/mol. The Morgan fingerprint density at radius 1 is 1.35 bits per heavy atom. The minimum absolute atomic E-state index is 0.0187. The number of hydrogen-bond acceptors (Lipinski definition) is 3. The topological polar surface area (TPSA) is 47.3 Å². The van der Waals surface area contributed by atoms with Crippen LogP contribution in [0, 0.1) is 5.92 Å². The van der Waals surface area contributed by atoms with E-state index in [2.05, 4.69) is 29.0 Å². The monoisotopic (exact) mass is 278 g/mol. The van der Waals surface area contributed by atoms with Gasteiger partial charge in [0.15, 0.2) is 0 Å². The summed E-state index contributed by atoms with van der Waals surface area (Å²) in [5, 5.41) is 15.0. The van der Waals surface area contributed by atoms with Crippen LogP contribution in [0.5, 0.6) is 0 Å². The van der Waals surface area contributed by atoms with Crippen LogP contribution in [0.25, 0.3) is 0 Å². The van der Waals surface area contributed by atoms with Gasteiger partial charge in [0.25, 0.3) is 0 Å². The summed E-state index contributed by atoms with van der Waals surface area (Å²) in [6, 6.07) is 2.62. The number of nitrogens with zero attached hydrogens (tertiary/aromatic N) is 2. The molecule has 1 aromatic rings. The fraction of sp³-hybridized carbons (Fsp3) is 0.812. The average molecular weight is 278 g/mol. The molecule has 3 atom stereocenters. The standard InChI is InChI=1S/C16H26N2O2/c1-12-8-10-20-16(12)15(19)11-13-7-9-18(17-13)14-5-3-2-4-6-14/h7,9,12,14-16,19H,2-6,8,10-11H2,1H3.